The van der Waals surface area contributed by atoms with Crippen molar-refractivity contribution in [1.29, 1.82) is 0 Å². The summed E-state index contributed by atoms with van der Waals surface area (Å²) in [6.45, 7) is 8.56. The summed E-state index contributed by atoms with van der Waals surface area (Å²) in [4.78, 5) is 19.5. The lowest BCUT2D eigenvalue weighted by Crippen LogP contribution is -2.48. The van der Waals surface area contributed by atoms with E-state index in [1.165, 1.54) is 6.42 Å². The van der Waals surface area contributed by atoms with Gasteiger partial charge in [0.05, 0.1) is 6.54 Å². The molecule has 6 nitrogen and oxygen atoms in total. The number of hydrogen-bond acceptors (Lipinski definition) is 4. The largest absolute Gasteiger partial charge is 0.368 e. The molecule has 2 saturated heterocycles. The predicted octanol–water partition coefficient (Wildman–Crippen LogP) is 3.72. The van der Waals surface area contributed by atoms with Crippen LogP contribution in [0.4, 0.5) is 5.69 Å². The zero-order valence-corrected chi connectivity index (χ0v) is 20.5. The number of halogens is 1. The monoisotopic (exact) mass is 532 g/mol. The molecular formula is C21H33IN4O2S. The molecule has 0 aliphatic carbocycles. The highest BCUT2D eigenvalue weighted by atomic mass is 127. The van der Waals surface area contributed by atoms with Crippen molar-refractivity contribution in [3.8, 4) is 0 Å². The molecule has 1 amide bonds. The number of anilines is 1. The molecular weight excluding hydrogens is 499 g/mol. The molecule has 2 heterocycles. The van der Waals surface area contributed by atoms with Crippen molar-refractivity contribution in [2.45, 2.75) is 51.0 Å². The highest BCUT2D eigenvalue weighted by molar-refractivity contribution is 14.0. The van der Waals surface area contributed by atoms with Gasteiger partial charge in [0.25, 0.3) is 5.91 Å². The smallest absolute Gasteiger partial charge is 0.253 e. The molecule has 1 aromatic rings. The summed E-state index contributed by atoms with van der Waals surface area (Å²) in [6.07, 6.45) is 2.63. The van der Waals surface area contributed by atoms with E-state index in [4.69, 9.17) is 9.73 Å². The van der Waals surface area contributed by atoms with E-state index < -0.39 is 0 Å². The standard InChI is InChI=1S/C21H32N4O2S.HI/c1-3-18-15-25(10-12-28-18)21(22-4-2)23-14-16-7-5-8-17(13-16)24-20(26)19-9-6-11-27-19;/h5,7-8,13,18-19H,3-4,6,9-12,14-15H2,1-2H3,(H,22,23)(H,24,26);1H. The van der Waals surface area contributed by atoms with Gasteiger partial charge in [-0.15, -0.1) is 24.0 Å². The first-order valence-corrected chi connectivity index (χ1v) is 11.4. The van der Waals surface area contributed by atoms with Crippen molar-refractivity contribution in [2.75, 3.05) is 37.3 Å². The first-order valence-electron chi connectivity index (χ1n) is 10.4. The van der Waals surface area contributed by atoms with Crippen LogP contribution < -0.4 is 10.6 Å². The molecule has 2 aliphatic rings. The second-order valence-electron chi connectivity index (χ2n) is 7.21. The molecule has 2 unspecified atom stereocenters. The summed E-state index contributed by atoms with van der Waals surface area (Å²) in [6, 6.07) is 7.93. The quantitative estimate of drug-likeness (QED) is 0.332. The van der Waals surface area contributed by atoms with Crippen molar-refractivity contribution in [3.05, 3.63) is 29.8 Å². The van der Waals surface area contributed by atoms with Gasteiger partial charge in [-0.05, 0) is 43.9 Å². The summed E-state index contributed by atoms with van der Waals surface area (Å²) in [5, 5.41) is 7.08. The fourth-order valence-electron chi connectivity index (χ4n) is 3.51. The van der Waals surface area contributed by atoms with Gasteiger partial charge in [0.2, 0.25) is 0 Å². The molecule has 2 fully saturated rings. The van der Waals surface area contributed by atoms with Crippen LogP contribution in [0.2, 0.25) is 0 Å². The van der Waals surface area contributed by atoms with E-state index in [-0.39, 0.29) is 36.0 Å². The van der Waals surface area contributed by atoms with Gasteiger partial charge in [-0.3, -0.25) is 4.79 Å². The zero-order valence-electron chi connectivity index (χ0n) is 17.4. The maximum absolute atomic E-state index is 12.3. The van der Waals surface area contributed by atoms with Crippen molar-refractivity contribution >= 4 is 53.3 Å². The van der Waals surface area contributed by atoms with Crippen LogP contribution >= 0.6 is 35.7 Å². The number of ether oxygens (including phenoxy) is 1. The Bertz CT molecular complexity index is 682. The van der Waals surface area contributed by atoms with Gasteiger partial charge in [-0.2, -0.15) is 11.8 Å². The number of nitrogens with one attached hydrogen (secondary N) is 2. The normalized spacial score (nSPS) is 22.1. The van der Waals surface area contributed by atoms with Gasteiger partial charge in [0.1, 0.15) is 6.10 Å². The topological polar surface area (TPSA) is 66.0 Å². The SMILES string of the molecule is CCNC(=NCc1cccc(NC(=O)C2CCCO2)c1)N1CCSC(CC)C1.I. The Morgan fingerprint density at radius 1 is 1.38 bits per heavy atom. The first-order chi connectivity index (χ1) is 13.7. The average molecular weight is 532 g/mol. The summed E-state index contributed by atoms with van der Waals surface area (Å²) < 4.78 is 5.46. The molecule has 0 bridgehead atoms. The number of carbonyl (C=O) groups is 1. The lowest BCUT2D eigenvalue weighted by Gasteiger charge is -2.34. The van der Waals surface area contributed by atoms with Gasteiger partial charge in [0.15, 0.2) is 5.96 Å². The Balaban J connectivity index is 0.00000300. The zero-order chi connectivity index (χ0) is 19.8. The molecule has 2 aliphatic heterocycles. The van der Waals surface area contributed by atoms with Crippen LogP contribution in [0.15, 0.2) is 29.3 Å². The van der Waals surface area contributed by atoms with Crippen LogP contribution in [-0.2, 0) is 16.1 Å². The number of carbonyl (C=O) groups excluding carboxylic acids is 1. The minimum Gasteiger partial charge on any atom is -0.368 e. The maximum Gasteiger partial charge on any atom is 0.253 e. The molecule has 0 saturated carbocycles. The average Bonchev–Trinajstić information content (AvgIpc) is 3.26. The maximum atomic E-state index is 12.3. The Kier molecular flexibility index (Phi) is 10.6. The van der Waals surface area contributed by atoms with Crippen molar-refractivity contribution in [2.24, 2.45) is 4.99 Å². The van der Waals surface area contributed by atoms with Gasteiger partial charge < -0.3 is 20.3 Å². The number of amides is 1. The molecule has 0 spiro atoms. The highest BCUT2D eigenvalue weighted by Crippen LogP contribution is 2.21. The van der Waals surface area contributed by atoms with E-state index in [1.807, 2.05) is 18.2 Å². The van der Waals surface area contributed by atoms with E-state index in [1.54, 1.807) is 0 Å². The third kappa shape index (κ3) is 7.32. The van der Waals surface area contributed by atoms with Crippen LogP contribution in [0.1, 0.15) is 38.7 Å². The van der Waals surface area contributed by atoms with Crippen LogP contribution in [0.3, 0.4) is 0 Å². The Morgan fingerprint density at radius 3 is 2.97 bits per heavy atom. The minimum absolute atomic E-state index is 0. The van der Waals surface area contributed by atoms with E-state index in [0.717, 1.165) is 55.4 Å². The van der Waals surface area contributed by atoms with Gasteiger partial charge in [-0.25, -0.2) is 4.99 Å². The first kappa shape index (κ1) is 24.3. The van der Waals surface area contributed by atoms with Gasteiger partial charge in [-0.1, -0.05) is 19.1 Å². The lowest BCUT2D eigenvalue weighted by atomic mass is 10.2. The number of hydrogen-bond donors (Lipinski definition) is 2. The van der Waals surface area contributed by atoms with Crippen LogP contribution in [0.25, 0.3) is 0 Å². The van der Waals surface area contributed by atoms with Gasteiger partial charge in [0, 0.05) is 42.9 Å². The predicted molar refractivity (Wildman–Crippen MR) is 132 cm³/mol. The number of nitrogens with zero attached hydrogens (tertiary/aromatic N) is 2. The molecule has 8 heteroatoms. The summed E-state index contributed by atoms with van der Waals surface area (Å²) in [5.74, 6) is 2.08. The van der Waals surface area contributed by atoms with Crippen LogP contribution in [0, 0.1) is 0 Å². The van der Waals surface area contributed by atoms with E-state index in [0.29, 0.717) is 18.4 Å². The third-order valence-electron chi connectivity index (χ3n) is 5.06. The van der Waals surface area contributed by atoms with Gasteiger partial charge >= 0.3 is 0 Å². The molecule has 2 N–H and O–H groups in total. The summed E-state index contributed by atoms with van der Waals surface area (Å²) >= 11 is 2.06. The lowest BCUT2D eigenvalue weighted by molar-refractivity contribution is -0.124. The molecule has 29 heavy (non-hydrogen) atoms. The summed E-state index contributed by atoms with van der Waals surface area (Å²) in [5.41, 5.74) is 1.89. The Hall–Kier alpha value is -1.00. The number of thioether (sulfide) groups is 1. The van der Waals surface area contributed by atoms with E-state index >= 15 is 0 Å². The van der Waals surface area contributed by atoms with Crippen LogP contribution in [-0.4, -0.2) is 60.1 Å². The number of aliphatic imine (C=N–C) groups is 1. The number of rotatable bonds is 6. The highest BCUT2D eigenvalue weighted by Gasteiger charge is 2.24. The molecule has 0 aromatic heterocycles. The second kappa shape index (κ2) is 12.6. The number of guanidine groups is 1. The van der Waals surface area contributed by atoms with Crippen LogP contribution in [0.5, 0.6) is 0 Å². The fraction of sp³-hybridized carbons (Fsp3) is 0.619. The van der Waals surface area contributed by atoms with E-state index in [2.05, 4.69) is 47.2 Å². The van der Waals surface area contributed by atoms with Crippen molar-refractivity contribution in [1.82, 2.24) is 10.2 Å². The Labute approximate surface area is 195 Å². The summed E-state index contributed by atoms with van der Waals surface area (Å²) in [7, 11) is 0. The second-order valence-corrected chi connectivity index (χ2v) is 8.62. The molecule has 3 rings (SSSR count). The Morgan fingerprint density at radius 2 is 2.24 bits per heavy atom. The fourth-order valence-corrected chi connectivity index (χ4v) is 4.69. The van der Waals surface area contributed by atoms with Crippen molar-refractivity contribution in [3.63, 3.8) is 0 Å². The molecule has 1 aromatic carbocycles. The van der Waals surface area contributed by atoms with E-state index in [9.17, 15) is 4.79 Å². The number of benzene rings is 1. The third-order valence-corrected chi connectivity index (χ3v) is 6.43. The minimum atomic E-state index is -0.314. The molecule has 162 valence electrons. The molecule has 0 radical (unpaired) electrons. The van der Waals surface area contributed by atoms with Crippen molar-refractivity contribution < 1.29 is 9.53 Å². The molecule has 2 atom stereocenters.